The van der Waals surface area contributed by atoms with Gasteiger partial charge in [0.05, 0.1) is 0 Å². The van der Waals surface area contributed by atoms with Gasteiger partial charge in [-0.25, -0.2) is 4.79 Å². The van der Waals surface area contributed by atoms with Crippen molar-refractivity contribution in [1.29, 1.82) is 0 Å². The summed E-state index contributed by atoms with van der Waals surface area (Å²) in [6.45, 7) is 5.33. The predicted molar refractivity (Wildman–Crippen MR) is 65.4 cm³/mol. The Kier molecular flexibility index (Phi) is 4.19. The van der Waals surface area contributed by atoms with Gasteiger partial charge in [0, 0.05) is 6.54 Å². The van der Waals surface area contributed by atoms with E-state index in [9.17, 15) is 9.59 Å². The first kappa shape index (κ1) is 13.9. The van der Waals surface area contributed by atoms with Crippen LogP contribution < -0.4 is 10.6 Å². The van der Waals surface area contributed by atoms with Crippen LogP contribution in [0.4, 0.5) is 5.82 Å². The fraction of sp³-hybridized carbons (Fsp3) is 0.455. The number of anilines is 1. The number of aromatic nitrogens is 2. The molecule has 0 radical (unpaired) electrons. The summed E-state index contributed by atoms with van der Waals surface area (Å²) in [5, 5.41) is 21.7. The van der Waals surface area contributed by atoms with Crippen molar-refractivity contribution in [1.82, 2.24) is 15.5 Å². The number of nitrogens with one attached hydrogen (secondary N) is 2. The van der Waals surface area contributed by atoms with Gasteiger partial charge in [0.15, 0.2) is 5.69 Å². The van der Waals surface area contributed by atoms with Crippen LogP contribution in [-0.2, 0) is 4.79 Å². The SMILES string of the molecule is CCNC(=O)c1ccc(NC(C)(C)C(=O)O)nn1. The molecule has 7 nitrogen and oxygen atoms in total. The largest absolute Gasteiger partial charge is 0.480 e. The molecular weight excluding hydrogens is 236 g/mol. The second-order valence-electron chi connectivity index (χ2n) is 4.22. The molecular formula is C11H16N4O3. The molecule has 1 rings (SSSR count). The highest BCUT2D eigenvalue weighted by atomic mass is 16.4. The van der Waals surface area contributed by atoms with E-state index in [0.717, 1.165) is 0 Å². The molecule has 0 aliphatic rings. The molecule has 0 spiro atoms. The van der Waals surface area contributed by atoms with Gasteiger partial charge in [0.1, 0.15) is 11.4 Å². The van der Waals surface area contributed by atoms with E-state index in [1.807, 2.05) is 0 Å². The molecule has 1 heterocycles. The van der Waals surface area contributed by atoms with Gasteiger partial charge < -0.3 is 15.7 Å². The lowest BCUT2D eigenvalue weighted by Crippen LogP contribution is -2.40. The normalized spacial score (nSPS) is 10.8. The Hall–Kier alpha value is -2.18. The van der Waals surface area contributed by atoms with Crippen molar-refractivity contribution in [3.8, 4) is 0 Å². The van der Waals surface area contributed by atoms with E-state index in [2.05, 4.69) is 20.8 Å². The lowest BCUT2D eigenvalue weighted by atomic mass is 10.1. The number of carbonyl (C=O) groups excluding carboxylic acids is 1. The highest BCUT2D eigenvalue weighted by Gasteiger charge is 2.27. The molecule has 1 aromatic rings. The van der Waals surface area contributed by atoms with Crippen LogP contribution in [-0.4, -0.2) is 39.3 Å². The summed E-state index contributed by atoms with van der Waals surface area (Å²) < 4.78 is 0. The van der Waals surface area contributed by atoms with Crippen LogP contribution in [0.15, 0.2) is 12.1 Å². The minimum atomic E-state index is -1.15. The third-order valence-corrected chi connectivity index (χ3v) is 2.21. The molecule has 0 saturated carbocycles. The van der Waals surface area contributed by atoms with Crippen molar-refractivity contribution in [3.05, 3.63) is 17.8 Å². The number of hydrogen-bond acceptors (Lipinski definition) is 5. The summed E-state index contributed by atoms with van der Waals surface area (Å²) in [5.41, 5.74) is -0.961. The van der Waals surface area contributed by atoms with Crippen molar-refractivity contribution < 1.29 is 14.7 Å². The Morgan fingerprint density at radius 3 is 2.44 bits per heavy atom. The molecule has 0 atom stereocenters. The summed E-state index contributed by atoms with van der Waals surface area (Å²) in [4.78, 5) is 22.3. The van der Waals surface area contributed by atoms with E-state index in [-0.39, 0.29) is 11.6 Å². The number of nitrogens with zero attached hydrogens (tertiary/aromatic N) is 2. The fourth-order valence-corrected chi connectivity index (χ4v) is 1.14. The molecule has 0 fully saturated rings. The minimum Gasteiger partial charge on any atom is -0.480 e. The molecule has 1 amide bonds. The van der Waals surface area contributed by atoms with E-state index in [1.54, 1.807) is 6.92 Å². The standard InChI is InChI=1S/C11H16N4O3/c1-4-12-9(16)7-5-6-8(15-14-7)13-11(2,3)10(17)18/h5-6H,4H2,1-3H3,(H,12,16)(H,13,15)(H,17,18). The zero-order valence-electron chi connectivity index (χ0n) is 10.5. The number of aliphatic carboxylic acids is 1. The van der Waals surface area contributed by atoms with Crippen molar-refractivity contribution in [2.75, 3.05) is 11.9 Å². The first-order valence-corrected chi connectivity index (χ1v) is 5.50. The van der Waals surface area contributed by atoms with E-state index in [4.69, 9.17) is 5.11 Å². The number of rotatable bonds is 5. The van der Waals surface area contributed by atoms with Crippen LogP contribution in [0, 0.1) is 0 Å². The van der Waals surface area contributed by atoms with E-state index in [1.165, 1.54) is 26.0 Å². The van der Waals surface area contributed by atoms with Crippen LogP contribution >= 0.6 is 0 Å². The van der Waals surface area contributed by atoms with Crippen molar-refractivity contribution in [3.63, 3.8) is 0 Å². The monoisotopic (exact) mass is 252 g/mol. The average molecular weight is 252 g/mol. The first-order chi connectivity index (χ1) is 8.36. The Labute approximate surface area is 105 Å². The van der Waals surface area contributed by atoms with Crippen LogP contribution in [0.2, 0.25) is 0 Å². The maximum absolute atomic E-state index is 11.4. The topological polar surface area (TPSA) is 104 Å². The molecule has 0 aliphatic carbocycles. The quantitative estimate of drug-likeness (QED) is 0.705. The highest BCUT2D eigenvalue weighted by molar-refractivity contribution is 5.92. The number of carboxylic acid groups (broad SMARTS) is 1. The Morgan fingerprint density at radius 1 is 1.33 bits per heavy atom. The first-order valence-electron chi connectivity index (χ1n) is 5.50. The Morgan fingerprint density at radius 2 is 2.00 bits per heavy atom. The number of hydrogen-bond donors (Lipinski definition) is 3. The summed E-state index contributed by atoms with van der Waals surface area (Å²) in [6.07, 6.45) is 0. The average Bonchev–Trinajstić information content (AvgIpc) is 2.29. The van der Waals surface area contributed by atoms with Gasteiger partial charge >= 0.3 is 5.97 Å². The number of carbonyl (C=O) groups is 2. The van der Waals surface area contributed by atoms with Crippen molar-refractivity contribution in [2.24, 2.45) is 0 Å². The van der Waals surface area contributed by atoms with Crippen LogP contribution in [0.3, 0.4) is 0 Å². The maximum atomic E-state index is 11.4. The summed E-state index contributed by atoms with van der Waals surface area (Å²) in [5.74, 6) is -1.01. The highest BCUT2D eigenvalue weighted by Crippen LogP contribution is 2.12. The van der Waals surface area contributed by atoms with Gasteiger partial charge in [-0.1, -0.05) is 0 Å². The third-order valence-electron chi connectivity index (χ3n) is 2.21. The van der Waals surface area contributed by atoms with Crippen molar-refractivity contribution >= 4 is 17.7 Å². The number of amides is 1. The van der Waals surface area contributed by atoms with Gasteiger partial charge in [-0.05, 0) is 32.9 Å². The molecule has 7 heteroatoms. The third kappa shape index (κ3) is 3.41. The van der Waals surface area contributed by atoms with Crippen molar-refractivity contribution in [2.45, 2.75) is 26.3 Å². The van der Waals surface area contributed by atoms with Gasteiger partial charge in [-0.2, -0.15) is 0 Å². The smallest absolute Gasteiger partial charge is 0.328 e. The molecule has 3 N–H and O–H groups in total. The predicted octanol–water partition coefficient (Wildman–Crippen LogP) is 0.501. The Balaban J connectivity index is 2.78. The molecule has 0 aliphatic heterocycles. The van der Waals surface area contributed by atoms with E-state index >= 15 is 0 Å². The van der Waals surface area contributed by atoms with Crippen LogP contribution in [0.25, 0.3) is 0 Å². The molecule has 0 bridgehead atoms. The van der Waals surface area contributed by atoms with Gasteiger partial charge in [0.25, 0.3) is 5.91 Å². The molecule has 18 heavy (non-hydrogen) atoms. The second-order valence-corrected chi connectivity index (χ2v) is 4.22. The second kappa shape index (κ2) is 5.44. The van der Waals surface area contributed by atoms with Crippen LogP contribution in [0.5, 0.6) is 0 Å². The molecule has 0 saturated heterocycles. The molecule has 98 valence electrons. The number of carboxylic acids is 1. The summed E-state index contributed by atoms with van der Waals surface area (Å²) >= 11 is 0. The van der Waals surface area contributed by atoms with Gasteiger partial charge in [-0.15, -0.1) is 10.2 Å². The zero-order valence-corrected chi connectivity index (χ0v) is 10.5. The maximum Gasteiger partial charge on any atom is 0.328 e. The minimum absolute atomic E-state index is 0.190. The molecule has 0 aromatic carbocycles. The van der Waals surface area contributed by atoms with E-state index in [0.29, 0.717) is 12.4 Å². The van der Waals surface area contributed by atoms with Gasteiger partial charge in [-0.3, -0.25) is 4.79 Å². The van der Waals surface area contributed by atoms with E-state index < -0.39 is 11.5 Å². The van der Waals surface area contributed by atoms with Crippen LogP contribution in [0.1, 0.15) is 31.3 Å². The van der Waals surface area contributed by atoms with Gasteiger partial charge in [0.2, 0.25) is 0 Å². The molecule has 0 unspecified atom stereocenters. The lowest BCUT2D eigenvalue weighted by Gasteiger charge is -2.21. The summed E-state index contributed by atoms with van der Waals surface area (Å²) in [6, 6.07) is 3.00. The fourth-order valence-electron chi connectivity index (χ4n) is 1.14. The molecule has 1 aromatic heterocycles. The zero-order chi connectivity index (χ0) is 13.8. The summed E-state index contributed by atoms with van der Waals surface area (Å²) in [7, 11) is 0. The Bertz CT molecular complexity index is 442. The lowest BCUT2D eigenvalue weighted by molar-refractivity contribution is -0.141.